The van der Waals surface area contributed by atoms with Crippen molar-refractivity contribution in [2.24, 2.45) is 0 Å². The van der Waals surface area contributed by atoms with Crippen LogP contribution in [0.5, 0.6) is 5.88 Å². The first-order valence-corrected chi connectivity index (χ1v) is 11.4. The first-order chi connectivity index (χ1) is 16.5. The van der Waals surface area contributed by atoms with Gasteiger partial charge in [0.2, 0.25) is 12.0 Å². The minimum Gasteiger partial charge on any atom is -0.478 e. The molecular weight excluding hydrogens is 494 g/mol. The predicted octanol–water partition coefficient (Wildman–Crippen LogP) is 6.45. The minimum absolute atomic E-state index is 0.0666. The van der Waals surface area contributed by atoms with Gasteiger partial charge in [-0.15, -0.1) is 0 Å². The average Bonchev–Trinajstić information content (AvgIpc) is 3.27. The summed E-state index contributed by atoms with van der Waals surface area (Å²) in [5, 5.41) is 10.9. The Hall–Kier alpha value is -4.10. The van der Waals surface area contributed by atoms with Crippen LogP contribution in [0.2, 0.25) is 0 Å². The summed E-state index contributed by atoms with van der Waals surface area (Å²) in [5.74, 6) is -1.06. The summed E-state index contributed by atoms with van der Waals surface area (Å²) in [4.78, 5) is 20.0. The summed E-state index contributed by atoms with van der Waals surface area (Å²) in [6.07, 6.45) is 0.625. The molecule has 0 aliphatic carbocycles. The van der Waals surface area contributed by atoms with Crippen LogP contribution in [0.1, 0.15) is 11.7 Å². The molecule has 0 radical (unpaired) electrons. The Morgan fingerprint density at radius 2 is 1.68 bits per heavy atom. The Balaban J connectivity index is 1.70. The van der Waals surface area contributed by atoms with Crippen molar-refractivity contribution in [3.8, 4) is 28.3 Å². The van der Waals surface area contributed by atoms with Crippen molar-refractivity contribution >= 4 is 38.5 Å². The predicted molar refractivity (Wildman–Crippen MR) is 137 cm³/mol. The number of hydrogen-bond acceptors (Lipinski definition) is 4. The summed E-state index contributed by atoms with van der Waals surface area (Å²) in [6, 6.07) is 26.2. The number of nitrogens with one attached hydrogen (secondary N) is 1. The first kappa shape index (κ1) is 21.7. The Morgan fingerprint density at radius 3 is 2.38 bits per heavy atom. The third-order valence-corrected chi connectivity index (χ3v) is 6.08. The van der Waals surface area contributed by atoms with Gasteiger partial charge >= 0.3 is 5.97 Å². The molecule has 0 saturated carbocycles. The summed E-state index contributed by atoms with van der Waals surface area (Å²) in [5.41, 5.74) is 11.3. The number of halogens is 1. The molecule has 7 heteroatoms. The van der Waals surface area contributed by atoms with Gasteiger partial charge in [0, 0.05) is 43.8 Å². The molecule has 0 spiro atoms. The molecule has 4 N–H and O–H groups in total. The number of pyridine rings is 1. The highest BCUT2D eigenvalue weighted by molar-refractivity contribution is 9.10. The molecule has 2 aromatic heterocycles. The maximum absolute atomic E-state index is 12.1. The molecule has 34 heavy (non-hydrogen) atoms. The maximum Gasteiger partial charge on any atom is 0.349 e. The van der Waals surface area contributed by atoms with Crippen LogP contribution in [0.4, 0.5) is 5.69 Å². The molecule has 5 aromatic rings. The number of H-pyrrole nitrogens is 1. The van der Waals surface area contributed by atoms with E-state index >= 15 is 0 Å². The van der Waals surface area contributed by atoms with E-state index in [0.717, 1.165) is 26.5 Å². The zero-order valence-electron chi connectivity index (χ0n) is 17.9. The minimum atomic E-state index is -1.26. The zero-order chi connectivity index (χ0) is 23.7. The van der Waals surface area contributed by atoms with Crippen LogP contribution in [0.3, 0.4) is 0 Å². The number of rotatable bonds is 6. The van der Waals surface area contributed by atoms with E-state index < -0.39 is 12.1 Å². The molecule has 0 aliphatic rings. The molecule has 6 nitrogen and oxygen atoms in total. The number of hydrogen-bond donors (Lipinski definition) is 3. The van der Waals surface area contributed by atoms with Gasteiger partial charge in [0.15, 0.2) is 0 Å². The Kier molecular flexibility index (Phi) is 5.77. The average molecular weight is 514 g/mol. The maximum atomic E-state index is 12.1. The van der Waals surface area contributed by atoms with Gasteiger partial charge in [-0.05, 0) is 24.3 Å². The van der Waals surface area contributed by atoms with Crippen LogP contribution < -0.4 is 10.5 Å². The third kappa shape index (κ3) is 4.13. The number of nitrogens with zero attached hydrogens (tertiary/aromatic N) is 1. The number of carboxylic acid groups (broad SMARTS) is 1. The second-order valence-corrected chi connectivity index (χ2v) is 8.69. The topological polar surface area (TPSA) is 101 Å². The highest BCUT2D eigenvalue weighted by atomic mass is 79.9. The second-order valence-electron chi connectivity index (χ2n) is 7.78. The van der Waals surface area contributed by atoms with E-state index in [0.29, 0.717) is 16.8 Å². The molecule has 0 saturated heterocycles. The number of aliphatic carboxylic acids is 1. The molecule has 0 amide bonds. The number of carbonyl (C=O) groups is 1. The summed E-state index contributed by atoms with van der Waals surface area (Å²) in [7, 11) is 0. The molecule has 3 aromatic carbocycles. The highest BCUT2D eigenvalue weighted by Gasteiger charge is 2.25. The van der Waals surface area contributed by atoms with Crippen LogP contribution in [0.15, 0.2) is 95.6 Å². The number of anilines is 1. The number of ether oxygens (including phenoxy) is 1. The molecule has 0 bridgehead atoms. The fourth-order valence-electron chi connectivity index (χ4n) is 3.92. The van der Waals surface area contributed by atoms with E-state index in [1.54, 1.807) is 24.3 Å². The molecule has 5 rings (SSSR count). The van der Waals surface area contributed by atoms with Crippen LogP contribution in [-0.4, -0.2) is 21.0 Å². The fraction of sp³-hybridized carbons (Fsp3) is 0.0370. The van der Waals surface area contributed by atoms with Gasteiger partial charge in [-0.25, -0.2) is 9.78 Å². The van der Waals surface area contributed by atoms with Crippen LogP contribution >= 0.6 is 15.9 Å². The van der Waals surface area contributed by atoms with Gasteiger partial charge in [0.25, 0.3) is 0 Å². The third-order valence-electron chi connectivity index (χ3n) is 5.58. The lowest BCUT2D eigenvalue weighted by molar-refractivity contribution is -0.145. The Bertz CT molecular complexity index is 1480. The van der Waals surface area contributed by atoms with Crippen molar-refractivity contribution in [2.45, 2.75) is 6.10 Å². The number of carboxylic acids is 1. The second kappa shape index (κ2) is 9.03. The molecule has 0 fully saturated rings. The van der Waals surface area contributed by atoms with Crippen molar-refractivity contribution in [1.82, 2.24) is 9.97 Å². The lowest BCUT2D eigenvalue weighted by Gasteiger charge is -2.19. The fourth-order valence-corrected chi connectivity index (χ4v) is 4.28. The monoisotopic (exact) mass is 513 g/mol. The van der Waals surface area contributed by atoms with Crippen LogP contribution in [0, 0.1) is 0 Å². The summed E-state index contributed by atoms with van der Waals surface area (Å²) < 4.78 is 6.91. The van der Waals surface area contributed by atoms with E-state index in [2.05, 4.69) is 25.9 Å². The first-order valence-electron chi connectivity index (χ1n) is 10.6. The van der Waals surface area contributed by atoms with E-state index in [1.807, 2.05) is 66.9 Å². The molecule has 1 unspecified atom stereocenters. The van der Waals surface area contributed by atoms with E-state index in [-0.39, 0.29) is 11.6 Å². The van der Waals surface area contributed by atoms with Gasteiger partial charge in [-0.1, -0.05) is 76.6 Å². The lowest BCUT2D eigenvalue weighted by atomic mass is 10.0. The quantitative estimate of drug-likeness (QED) is 0.242. The van der Waals surface area contributed by atoms with Crippen molar-refractivity contribution < 1.29 is 14.6 Å². The molecule has 1 atom stereocenters. The lowest BCUT2D eigenvalue weighted by Crippen LogP contribution is -2.19. The van der Waals surface area contributed by atoms with Gasteiger partial charge in [-0.3, -0.25) is 0 Å². The van der Waals surface area contributed by atoms with Crippen LogP contribution in [-0.2, 0) is 4.79 Å². The van der Waals surface area contributed by atoms with Crippen molar-refractivity contribution in [3.63, 3.8) is 0 Å². The Morgan fingerprint density at radius 1 is 0.971 bits per heavy atom. The number of aromatic nitrogens is 2. The summed E-state index contributed by atoms with van der Waals surface area (Å²) in [6.45, 7) is 0. The normalized spacial score (nSPS) is 11.9. The highest BCUT2D eigenvalue weighted by Crippen LogP contribution is 2.40. The van der Waals surface area contributed by atoms with Gasteiger partial charge in [0.1, 0.15) is 5.69 Å². The SMILES string of the molecule is Nc1c(-c2c[nH]c3ccc(Br)cc23)cc(-c2ccccc2)nc1OC(C(=O)O)c1ccccc1. The number of aromatic amines is 1. The standard InChI is InChI=1S/C27H20BrN3O3/c28-18-11-12-22-19(13-18)21(15-30-22)20-14-23(16-7-3-1-4-8-16)31-26(24(20)29)34-25(27(32)33)17-9-5-2-6-10-17/h1-15,25,30H,29H2,(H,32,33). The van der Waals surface area contributed by atoms with E-state index in [1.165, 1.54) is 0 Å². The number of fused-ring (bicyclic) bond motifs is 1. The van der Waals surface area contributed by atoms with Crippen LogP contribution in [0.25, 0.3) is 33.3 Å². The van der Waals surface area contributed by atoms with Crippen molar-refractivity contribution in [2.75, 3.05) is 5.73 Å². The van der Waals surface area contributed by atoms with Gasteiger partial charge in [-0.2, -0.15) is 0 Å². The van der Waals surface area contributed by atoms with Crippen molar-refractivity contribution in [3.05, 3.63) is 101 Å². The Labute approximate surface area is 204 Å². The molecule has 2 heterocycles. The molecule has 0 aliphatic heterocycles. The number of nitrogen functional groups attached to an aromatic ring is 1. The van der Waals surface area contributed by atoms with Gasteiger partial charge in [0.05, 0.1) is 5.69 Å². The van der Waals surface area contributed by atoms with Gasteiger partial charge < -0.3 is 20.6 Å². The largest absolute Gasteiger partial charge is 0.478 e. The zero-order valence-corrected chi connectivity index (χ0v) is 19.5. The van der Waals surface area contributed by atoms with E-state index in [9.17, 15) is 9.90 Å². The molecular formula is C27H20BrN3O3. The number of benzene rings is 3. The molecule has 168 valence electrons. The van der Waals surface area contributed by atoms with E-state index in [4.69, 9.17) is 10.5 Å². The number of nitrogens with two attached hydrogens (primary N) is 1. The smallest absolute Gasteiger partial charge is 0.349 e. The summed E-state index contributed by atoms with van der Waals surface area (Å²) >= 11 is 3.54. The van der Waals surface area contributed by atoms with Crippen molar-refractivity contribution in [1.29, 1.82) is 0 Å².